The molecule has 2 aromatic heterocycles. The first-order valence-electron chi connectivity index (χ1n) is 16.2. The van der Waals surface area contributed by atoms with E-state index < -0.39 is 19.5 Å². The van der Waals surface area contributed by atoms with Crippen molar-refractivity contribution >= 4 is 31.1 Å². The highest BCUT2D eigenvalue weighted by atomic mass is 28.4. The number of hydrogen-bond acceptors (Lipinski definition) is 8. The average molecular weight is 670 g/mol. The molecule has 4 aromatic rings. The molecule has 1 saturated heterocycles. The normalized spacial score (nSPS) is 16.2. The summed E-state index contributed by atoms with van der Waals surface area (Å²) >= 11 is 0. The van der Waals surface area contributed by atoms with Gasteiger partial charge in [-0.1, -0.05) is 58.9 Å². The lowest BCUT2D eigenvalue weighted by Crippen LogP contribution is -2.43. The number of hydrogen-bond donors (Lipinski definition) is 1. The predicted molar refractivity (Wildman–Crippen MR) is 187 cm³/mol. The molecular weight excluding hydrogens is 626 g/mol. The van der Waals surface area contributed by atoms with Crippen LogP contribution in [0.3, 0.4) is 0 Å². The lowest BCUT2D eigenvalue weighted by molar-refractivity contribution is -0.128. The number of piperidine rings is 1. The van der Waals surface area contributed by atoms with Gasteiger partial charge in [-0.25, -0.2) is 19.0 Å². The van der Waals surface area contributed by atoms with E-state index in [-0.39, 0.29) is 33.9 Å². The molecule has 0 spiro atoms. The minimum Gasteiger partial charge on any atom is -0.457 e. The molecule has 0 radical (unpaired) electrons. The van der Waals surface area contributed by atoms with E-state index in [2.05, 4.69) is 49.9 Å². The first-order chi connectivity index (χ1) is 22.6. The number of halogens is 1. The van der Waals surface area contributed by atoms with Crippen molar-refractivity contribution in [3.63, 3.8) is 0 Å². The summed E-state index contributed by atoms with van der Waals surface area (Å²) in [7, 11) is -2.02. The summed E-state index contributed by atoms with van der Waals surface area (Å²) in [5.74, 6) is 0.223. The van der Waals surface area contributed by atoms with Crippen molar-refractivity contribution in [1.82, 2.24) is 24.6 Å². The van der Waals surface area contributed by atoms with Gasteiger partial charge in [-0.2, -0.15) is 10.4 Å². The van der Waals surface area contributed by atoms with Crippen molar-refractivity contribution in [2.75, 3.05) is 25.4 Å². The number of carbonyl (C=O) groups is 1. The van der Waals surface area contributed by atoms with E-state index in [1.807, 2.05) is 32.0 Å². The zero-order chi connectivity index (χ0) is 34.9. The van der Waals surface area contributed by atoms with Crippen LogP contribution in [0.1, 0.15) is 53.5 Å². The van der Waals surface area contributed by atoms with Gasteiger partial charge in [-0.3, -0.25) is 4.79 Å². The Bertz CT molecular complexity index is 1880. The van der Waals surface area contributed by atoms with Crippen LogP contribution in [-0.4, -0.2) is 58.6 Å². The number of amides is 1. The van der Waals surface area contributed by atoms with E-state index in [1.54, 1.807) is 39.9 Å². The maximum absolute atomic E-state index is 15.7. The van der Waals surface area contributed by atoms with Crippen LogP contribution in [0.5, 0.6) is 11.5 Å². The fourth-order valence-electron chi connectivity index (χ4n) is 5.48. The van der Waals surface area contributed by atoms with Gasteiger partial charge in [0.1, 0.15) is 46.8 Å². The summed E-state index contributed by atoms with van der Waals surface area (Å²) in [6, 6.07) is 15.6. The van der Waals surface area contributed by atoms with Gasteiger partial charge < -0.3 is 19.8 Å². The molecule has 0 saturated carbocycles. The number of nitrogen functional groups attached to an aromatic ring is 1. The zero-order valence-corrected chi connectivity index (χ0v) is 29.7. The molecule has 5 rings (SSSR count). The van der Waals surface area contributed by atoms with Crippen molar-refractivity contribution in [2.24, 2.45) is 5.41 Å². The molecule has 0 unspecified atom stereocenters. The van der Waals surface area contributed by atoms with Gasteiger partial charge >= 0.3 is 0 Å². The number of anilines is 1. The number of nitrogens with two attached hydrogens (primary N) is 1. The minimum atomic E-state index is -2.02. The second kappa shape index (κ2) is 13.5. The van der Waals surface area contributed by atoms with Crippen LogP contribution in [0.15, 0.2) is 66.5 Å². The highest BCUT2D eigenvalue weighted by molar-refractivity contribution is 6.74. The Labute approximate surface area is 282 Å². The van der Waals surface area contributed by atoms with Crippen LogP contribution in [0.2, 0.25) is 18.1 Å². The van der Waals surface area contributed by atoms with E-state index >= 15 is 4.39 Å². The molecule has 1 amide bonds. The summed E-state index contributed by atoms with van der Waals surface area (Å²) in [4.78, 5) is 24.1. The fraction of sp³-hybridized carbons (Fsp3) is 0.417. The Kier molecular flexibility index (Phi) is 9.76. The molecule has 2 aromatic carbocycles. The van der Waals surface area contributed by atoms with E-state index in [0.29, 0.717) is 60.8 Å². The summed E-state index contributed by atoms with van der Waals surface area (Å²) in [6.45, 7) is 16.1. The van der Waals surface area contributed by atoms with Crippen LogP contribution in [-0.2, 0) is 9.22 Å². The van der Waals surface area contributed by atoms with Crippen LogP contribution < -0.4 is 10.5 Å². The molecule has 0 bridgehead atoms. The molecule has 1 aliphatic rings. The SMILES string of the molecule is CC(C)(/C=C(/C#N)C(=O)N1CCC[C@@H](n2nc(-c3ccc(Oc4ccccc4)cc3F)c3c(N)ncnc32)C1)CO[Si](C)(C)C(C)(C)C. The summed E-state index contributed by atoms with van der Waals surface area (Å²) in [6.07, 6.45) is 4.47. The maximum Gasteiger partial charge on any atom is 0.264 e. The highest BCUT2D eigenvalue weighted by Gasteiger charge is 2.39. The van der Waals surface area contributed by atoms with E-state index in [0.717, 1.165) is 0 Å². The molecule has 12 heteroatoms. The molecule has 0 aliphatic carbocycles. The van der Waals surface area contributed by atoms with Crippen LogP contribution in [0, 0.1) is 22.6 Å². The average Bonchev–Trinajstić information content (AvgIpc) is 3.43. The molecule has 1 atom stereocenters. The van der Waals surface area contributed by atoms with Gasteiger partial charge in [0.15, 0.2) is 14.0 Å². The number of nitriles is 1. The number of likely N-dealkylation sites (tertiary alicyclic amines) is 1. The number of aromatic nitrogens is 4. The fourth-order valence-corrected chi connectivity index (χ4v) is 6.65. The quantitative estimate of drug-likeness (QED) is 0.109. The van der Waals surface area contributed by atoms with Crippen molar-refractivity contribution < 1.29 is 18.3 Å². The first-order valence-corrected chi connectivity index (χ1v) is 19.1. The Morgan fingerprint density at radius 3 is 2.52 bits per heavy atom. The molecule has 10 nitrogen and oxygen atoms in total. The predicted octanol–water partition coefficient (Wildman–Crippen LogP) is 7.67. The standard InChI is InChI=1S/C36H44FN7O3Si/c1-35(2,3)48(6,7)46-22-36(4,5)19-24(20-38)34(45)43-17-11-12-25(21-43)44-33-30(32(39)40-23-41-33)31(42-44)28-16-15-27(18-29(28)37)47-26-13-9-8-10-14-26/h8-10,13-16,18-19,23,25H,11-12,17,21-22H2,1-7H3,(H2,39,40,41)/b24-19-/t25-/m1/s1. The Morgan fingerprint density at radius 1 is 1.12 bits per heavy atom. The Hall–Kier alpha value is -4.60. The largest absolute Gasteiger partial charge is 0.457 e. The van der Waals surface area contributed by atoms with Gasteiger partial charge in [0.05, 0.1) is 11.4 Å². The number of fused-ring (bicyclic) bond motifs is 1. The third kappa shape index (κ3) is 7.42. The van der Waals surface area contributed by atoms with E-state index in [4.69, 9.17) is 20.0 Å². The Morgan fingerprint density at radius 2 is 1.85 bits per heavy atom. The van der Waals surface area contributed by atoms with Crippen molar-refractivity contribution in [1.29, 1.82) is 5.26 Å². The van der Waals surface area contributed by atoms with Crippen molar-refractivity contribution in [3.8, 4) is 28.8 Å². The molecule has 3 heterocycles. The van der Waals surface area contributed by atoms with Crippen molar-refractivity contribution in [2.45, 2.75) is 71.6 Å². The number of benzene rings is 2. The summed E-state index contributed by atoms with van der Waals surface area (Å²) < 4.78 is 29.6. The first kappa shape index (κ1) is 34.7. The van der Waals surface area contributed by atoms with Crippen molar-refractivity contribution in [3.05, 3.63) is 72.3 Å². The number of nitrogens with zero attached hydrogens (tertiary/aromatic N) is 6. The lowest BCUT2D eigenvalue weighted by Gasteiger charge is -2.38. The zero-order valence-electron chi connectivity index (χ0n) is 28.7. The Balaban J connectivity index is 1.40. The van der Waals surface area contributed by atoms with Crippen LogP contribution in [0.4, 0.5) is 10.2 Å². The summed E-state index contributed by atoms with van der Waals surface area (Å²) in [5, 5.41) is 15.4. The smallest absolute Gasteiger partial charge is 0.264 e. The molecule has 1 aliphatic heterocycles. The number of rotatable bonds is 9. The topological polar surface area (TPSA) is 132 Å². The highest BCUT2D eigenvalue weighted by Crippen LogP contribution is 2.39. The van der Waals surface area contributed by atoms with Crippen LogP contribution >= 0.6 is 0 Å². The van der Waals surface area contributed by atoms with Gasteiger partial charge in [0.2, 0.25) is 0 Å². The molecule has 252 valence electrons. The number of carbonyl (C=O) groups excluding carboxylic acids is 1. The van der Waals surface area contributed by atoms with E-state index in [1.165, 1.54) is 12.4 Å². The third-order valence-electron chi connectivity index (χ3n) is 9.22. The van der Waals surface area contributed by atoms with Gasteiger partial charge in [-0.15, -0.1) is 0 Å². The second-order valence-corrected chi connectivity index (χ2v) is 19.4. The number of ether oxygens (including phenoxy) is 1. The van der Waals surface area contributed by atoms with Gasteiger partial charge in [-0.05, 0) is 55.2 Å². The third-order valence-corrected chi connectivity index (χ3v) is 13.7. The van der Waals surface area contributed by atoms with E-state index in [9.17, 15) is 10.1 Å². The molecule has 1 fully saturated rings. The summed E-state index contributed by atoms with van der Waals surface area (Å²) in [5.41, 5.74) is 6.84. The van der Waals surface area contributed by atoms with Crippen LogP contribution in [0.25, 0.3) is 22.3 Å². The van der Waals surface area contributed by atoms with Gasteiger partial charge in [0, 0.05) is 36.7 Å². The molecular formula is C36H44FN7O3Si. The molecule has 2 N–H and O–H groups in total. The number of para-hydroxylation sites is 1. The maximum atomic E-state index is 15.7. The second-order valence-electron chi connectivity index (χ2n) is 14.6. The molecule has 48 heavy (non-hydrogen) atoms. The monoisotopic (exact) mass is 669 g/mol. The minimum absolute atomic E-state index is 0.0433. The lowest BCUT2D eigenvalue weighted by atomic mass is 9.91. The van der Waals surface area contributed by atoms with Gasteiger partial charge in [0.25, 0.3) is 5.91 Å².